The molecule has 0 atom stereocenters. The summed E-state index contributed by atoms with van der Waals surface area (Å²) >= 11 is 9.31. The normalized spacial score (nSPS) is 11.2. The molecule has 1 aromatic heterocycles. The number of imidazole rings is 1. The molecular formula is C14H8BrClF2N2. The van der Waals surface area contributed by atoms with Crippen molar-refractivity contribution in [1.29, 1.82) is 0 Å². The third kappa shape index (κ3) is 2.11. The SMILES string of the molecule is Fc1cc(F)c2nc(CCl)n(-c3ccccc3Br)c2c1. The molecule has 2 nitrogen and oxygen atoms in total. The lowest BCUT2D eigenvalue weighted by atomic mass is 10.2. The average molecular weight is 358 g/mol. The molecule has 0 fully saturated rings. The average Bonchev–Trinajstić information content (AvgIpc) is 2.78. The first-order valence-electron chi connectivity index (χ1n) is 5.79. The zero-order valence-electron chi connectivity index (χ0n) is 10.1. The maximum absolute atomic E-state index is 13.8. The fourth-order valence-electron chi connectivity index (χ4n) is 2.14. The highest BCUT2D eigenvalue weighted by Crippen LogP contribution is 2.29. The van der Waals surface area contributed by atoms with Gasteiger partial charge in [0.1, 0.15) is 17.2 Å². The Morgan fingerprint density at radius 3 is 2.65 bits per heavy atom. The largest absolute Gasteiger partial charge is 0.294 e. The molecule has 0 amide bonds. The first kappa shape index (κ1) is 13.5. The summed E-state index contributed by atoms with van der Waals surface area (Å²) in [7, 11) is 0. The van der Waals surface area contributed by atoms with Crippen LogP contribution < -0.4 is 0 Å². The molecule has 0 aliphatic rings. The smallest absolute Gasteiger partial charge is 0.153 e. The van der Waals surface area contributed by atoms with Gasteiger partial charge in [0.15, 0.2) is 5.82 Å². The van der Waals surface area contributed by atoms with Crippen molar-refractivity contribution in [3.63, 3.8) is 0 Å². The Kier molecular flexibility index (Phi) is 3.48. The Balaban J connectivity index is 2.42. The zero-order chi connectivity index (χ0) is 14.3. The predicted molar refractivity (Wildman–Crippen MR) is 78.2 cm³/mol. The molecule has 0 N–H and O–H groups in total. The summed E-state index contributed by atoms with van der Waals surface area (Å²) in [4.78, 5) is 4.16. The number of rotatable bonds is 2. The van der Waals surface area contributed by atoms with Crippen LogP contribution in [0.1, 0.15) is 5.82 Å². The minimum atomic E-state index is -0.697. The minimum absolute atomic E-state index is 0.0943. The van der Waals surface area contributed by atoms with Crippen LogP contribution in [0, 0.1) is 11.6 Å². The maximum Gasteiger partial charge on any atom is 0.153 e. The number of nitrogens with zero attached hydrogens (tertiary/aromatic N) is 2. The van der Waals surface area contributed by atoms with Crippen LogP contribution >= 0.6 is 27.5 Å². The highest BCUT2D eigenvalue weighted by atomic mass is 79.9. The van der Waals surface area contributed by atoms with Crippen molar-refractivity contribution in [2.75, 3.05) is 0 Å². The van der Waals surface area contributed by atoms with Gasteiger partial charge >= 0.3 is 0 Å². The van der Waals surface area contributed by atoms with Gasteiger partial charge in [-0.3, -0.25) is 4.57 Å². The van der Waals surface area contributed by atoms with Gasteiger partial charge in [0, 0.05) is 16.6 Å². The number of hydrogen-bond donors (Lipinski definition) is 0. The summed E-state index contributed by atoms with van der Waals surface area (Å²) in [6.07, 6.45) is 0. The van der Waals surface area contributed by atoms with Gasteiger partial charge in [0.2, 0.25) is 0 Å². The van der Waals surface area contributed by atoms with Crippen molar-refractivity contribution in [1.82, 2.24) is 9.55 Å². The van der Waals surface area contributed by atoms with E-state index in [-0.39, 0.29) is 11.4 Å². The van der Waals surface area contributed by atoms with Crippen LogP contribution in [0.25, 0.3) is 16.7 Å². The first-order chi connectivity index (χ1) is 9.61. The summed E-state index contributed by atoms with van der Waals surface area (Å²) in [6, 6.07) is 9.42. The second-order valence-electron chi connectivity index (χ2n) is 4.20. The predicted octanol–water partition coefficient (Wildman–Crippen LogP) is 4.81. The molecule has 0 aliphatic heterocycles. The molecule has 0 bridgehead atoms. The summed E-state index contributed by atoms with van der Waals surface area (Å²) in [5.74, 6) is -0.795. The zero-order valence-corrected chi connectivity index (χ0v) is 12.4. The molecule has 20 heavy (non-hydrogen) atoms. The Morgan fingerprint density at radius 1 is 1.20 bits per heavy atom. The number of halogens is 4. The molecule has 3 aromatic rings. The molecule has 0 aliphatic carbocycles. The fraction of sp³-hybridized carbons (Fsp3) is 0.0714. The van der Waals surface area contributed by atoms with Gasteiger partial charge in [0.25, 0.3) is 0 Å². The van der Waals surface area contributed by atoms with Crippen LogP contribution in [-0.4, -0.2) is 9.55 Å². The van der Waals surface area contributed by atoms with E-state index in [0.717, 1.165) is 16.2 Å². The fourth-order valence-corrected chi connectivity index (χ4v) is 2.78. The topological polar surface area (TPSA) is 17.8 Å². The van der Waals surface area contributed by atoms with Gasteiger partial charge in [-0.05, 0) is 28.1 Å². The lowest BCUT2D eigenvalue weighted by Gasteiger charge is -2.09. The van der Waals surface area contributed by atoms with Gasteiger partial charge < -0.3 is 0 Å². The second-order valence-corrected chi connectivity index (χ2v) is 5.33. The lowest BCUT2D eigenvalue weighted by Crippen LogP contribution is -2.00. The third-order valence-electron chi connectivity index (χ3n) is 2.96. The van der Waals surface area contributed by atoms with Crippen LogP contribution in [0.5, 0.6) is 0 Å². The van der Waals surface area contributed by atoms with E-state index in [1.165, 1.54) is 6.07 Å². The van der Waals surface area contributed by atoms with E-state index in [2.05, 4.69) is 20.9 Å². The molecule has 0 radical (unpaired) electrons. The highest BCUT2D eigenvalue weighted by molar-refractivity contribution is 9.10. The standard InChI is InChI=1S/C14H8BrClF2N2/c15-9-3-1-2-4-11(9)20-12-6-8(17)5-10(18)14(12)19-13(20)7-16/h1-6H,7H2. The number of para-hydroxylation sites is 1. The van der Waals surface area contributed by atoms with E-state index in [1.54, 1.807) is 4.57 Å². The van der Waals surface area contributed by atoms with Gasteiger partial charge in [-0.25, -0.2) is 13.8 Å². The van der Waals surface area contributed by atoms with E-state index < -0.39 is 11.6 Å². The van der Waals surface area contributed by atoms with Crippen molar-refractivity contribution in [3.8, 4) is 5.69 Å². The van der Waals surface area contributed by atoms with Crippen molar-refractivity contribution in [2.45, 2.75) is 5.88 Å². The maximum atomic E-state index is 13.8. The molecule has 2 aromatic carbocycles. The molecule has 0 saturated carbocycles. The van der Waals surface area contributed by atoms with Gasteiger partial charge in [-0.2, -0.15) is 0 Å². The number of aromatic nitrogens is 2. The molecular weight excluding hydrogens is 350 g/mol. The monoisotopic (exact) mass is 356 g/mol. The summed E-state index contributed by atoms with van der Waals surface area (Å²) in [5.41, 5.74) is 1.19. The third-order valence-corrected chi connectivity index (χ3v) is 3.87. The minimum Gasteiger partial charge on any atom is -0.294 e. The van der Waals surface area contributed by atoms with Crippen LogP contribution in [0.4, 0.5) is 8.78 Å². The summed E-state index contributed by atoms with van der Waals surface area (Å²) in [6.45, 7) is 0. The molecule has 3 rings (SSSR count). The second kappa shape index (κ2) is 5.14. The van der Waals surface area contributed by atoms with Crippen molar-refractivity contribution < 1.29 is 8.78 Å². The van der Waals surface area contributed by atoms with Crippen molar-refractivity contribution in [2.24, 2.45) is 0 Å². The Hall–Kier alpha value is -1.46. The Labute approximate surface area is 127 Å². The summed E-state index contributed by atoms with van der Waals surface area (Å²) < 4.78 is 29.7. The van der Waals surface area contributed by atoms with E-state index in [9.17, 15) is 8.78 Å². The Bertz CT molecular complexity index is 801. The highest BCUT2D eigenvalue weighted by Gasteiger charge is 2.17. The Morgan fingerprint density at radius 2 is 1.95 bits per heavy atom. The van der Waals surface area contributed by atoms with E-state index in [4.69, 9.17) is 11.6 Å². The number of alkyl halides is 1. The number of hydrogen-bond acceptors (Lipinski definition) is 1. The van der Waals surface area contributed by atoms with Crippen molar-refractivity contribution >= 4 is 38.6 Å². The molecule has 0 saturated heterocycles. The number of benzene rings is 2. The molecule has 102 valence electrons. The van der Waals surface area contributed by atoms with Gasteiger partial charge in [-0.15, -0.1) is 11.6 Å². The molecule has 0 spiro atoms. The summed E-state index contributed by atoms with van der Waals surface area (Å²) in [5, 5.41) is 0. The molecule has 1 heterocycles. The van der Waals surface area contributed by atoms with Gasteiger partial charge in [-0.1, -0.05) is 12.1 Å². The lowest BCUT2D eigenvalue weighted by molar-refractivity contribution is 0.590. The molecule has 6 heteroatoms. The van der Waals surface area contributed by atoms with Gasteiger partial charge in [0.05, 0.1) is 17.1 Å². The quantitative estimate of drug-likeness (QED) is 0.602. The van der Waals surface area contributed by atoms with Crippen LogP contribution in [0.3, 0.4) is 0 Å². The van der Waals surface area contributed by atoms with Crippen LogP contribution in [-0.2, 0) is 5.88 Å². The van der Waals surface area contributed by atoms with E-state index in [0.29, 0.717) is 11.3 Å². The first-order valence-corrected chi connectivity index (χ1v) is 7.12. The number of fused-ring (bicyclic) bond motifs is 1. The molecule has 0 unspecified atom stereocenters. The van der Waals surface area contributed by atoms with Crippen LogP contribution in [0.15, 0.2) is 40.9 Å². The van der Waals surface area contributed by atoms with E-state index >= 15 is 0 Å². The van der Waals surface area contributed by atoms with E-state index in [1.807, 2.05) is 24.3 Å². The van der Waals surface area contributed by atoms with Crippen LogP contribution in [0.2, 0.25) is 0 Å². The van der Waals surface area contributed by atoms with Crippen molar-refractivity contribution in [3.05, 3.63) is 58.3 Å².